The van der Waals surface area contributed by atoms with Crippen molar-refractivity contribution in [1.29, 1.82) is 0 Å². The van der Waals surface area contributed by atoms with E-state index in [0.29, 0.717) is 12.5 Å². The van der Waals surface area contributed by atoms with Gasteiger partial charge < -0.3 is 9.84 Å². The second-order valence-electron chi connectivity index (χ2n) is 6.63. The van der Waals surface area contributed by atoms with Crippen LogP contribution in [0, 0.1) is 0 Å². The van der Waals surface area contributed by atoms with Crippen LogP contribution in [0.4, 0.5) is 4.79 Å². The maximum atomic E-state index is 10.2. The van der Waals surface area contributed by atoms with Gasteiger partial charge in [0.15, 0.2) is 0 Å². The fourth-order valence-electron chi connectivity index (χ4n) is 3.20. The predicted molar refractivity (Wildman–Crippen MR) is 99.6 cm³/mol. The summed E-state index contributed by atoms with van der Waals surface area (Å²) in [5, 5.41) is 8.39. The van der Waals surface area contributed by atoms with Crippen molar-refractivity contribution in [3.63, 3.8) is 0 Å². The lowest BCUT2D eigenvalue weighted by atomic mass is 9.88. The molecule has 0 bridgehead atoms. The Kier molecular flexibility index (Phi) is 11.9. The van der Waals surface area contributed by atoms with E-state index < -0.39 is 6.16 Å². The first kappa shape index (κ1) is 20.5. The van der Waals surface area contributed by atoms with Gasteiger partial charge in [-0.25, -0.2) is 4.79 Å². The summed E-state index contributed by atoms with van der Waals surface area (Å²) in [4.78, 5) is 10.2. The minimum Gasteiger partial charge on any atom is -0.450 e. The fourth-order valence-corrected chi connectivity index (χ4v) is 3.20. The third-order valence-electron chi connectivity index (χ3n) is 4.60. The maximum absolute atomic E-state index is 10.2. The molecule has 1 unspecified atom stereocenters. The minimum atomic E-state index is -1.16. The average molecular weight is 334 g/mol. The molecule has 0 spiro atoms. The SMILES string of the molecule is CCCCCC(CCCCCCCCOC(=O)O)c1ccccc1. The number of carboxylic acid groups (broad SMARTS) is 1. The van der Waals surface area contributed by atoms with Crippen molar-refractivity contribution in [2.45, 2.75) is 83.5 Å². The fraction of sp³-hybridized carbons (Fsp3) is 0.667. The molecule has 0 fully saturated rings. The van der Waals surface area contributed by atoms with E-state index in [1.54, 1.807) is 0 Å². The Labute approximate surface area is 147 Å². The molecule has 3 nitrogen and oxygen atoms in total. The maximum Gasteiger partial charge on any atom is 0.505 e. The lowest BCUT2D eigenvalue weighted by molar-refractivity contribution is 0.0899. The molecule has 1 aromatic rings. The smallest absolute Gasteiger partial charge is 0.450 e. The molecule has 1 rings (SSSR count). The zero-order valence-corrected chi connectivity index (χ0v) is 15.2. The van der Waals surface area contributed by atoms with Gasteiger partial charge in [-0.05, 0) is 30.7 Å². The summed E-state index contributed by atoms with van der Waals surface area (Å²) in [6.07, 6.45) is 12.3. The molecule has 0 saturated carbocycles. The van der Waals surface area contributed by atoms with Gasteiger partial charge in [-0.2, -0.15) is 0 Å². The lowest BCUT2D eigenvalue weighted by Gasteiger charge is -2.17. The highest BCUT2D eigenvalue weighted by atomic mass is 16.7. The Balaban J connectivity index is 2.15. The third kappa shape index (κ3) is 10.3. The van der Waals surface area contributed by atoms with Crippen molar-refractivity contribution in [1.82, 2.24) is 0 Å². The van der Waals surface area contributed by atoms with Crippen molar-refractivity contribution in [2.75, 3.05) is 6.61 Å². The van der Waals surface area contributed by atoms with Crippen LogP contribution >= 0.6 is 0 Å². The Morgan fingerprint density at radius 1 is 0.917 bits per heavy atom. The van der Waals surface area contributed by atoms with Crippen molar-refractivity contribution in [3.05, 3.63) is 35.9 Å². The summed E-state index contributed by atoms with van der Waals surface area (Å²) in [6.45, 7) is 2.60. The van der Waals surface area contributed by atoms with Crippen LogP contribution in [-0.4, -0.2) is 17.9 Å². The van der Waals surface area contributed by atoms with Gasteiger partial charge >= 0.3 is 6.16 Å². The van der Waals surface area contributed by atoms with Crippen molar-refractivity contribution < 1.29 is 14.6 Å². The molecule has 0 saturated heterocycles. The molecule has 0 aliphatic carbocycles. The van der Waals surface area contributed by atoms with Crippen molar-refractivity contribution in [3.8, 4) is 0 Å². The average Bonchev–Trinajstić information content (AvgIpc) is 2.59. The van der Waals surface area contributed by atoms with Crippen LogP contribution < -0.4 is 0 Å². The van der Waals surface area contributed by atoms with Crippen LogP contribution in [0.15, 0.2) is 30.3 Å². The minimum absolute atomic E-state index is 0.336. The molecule has 24 heavy (non-hydrogen) atoms. The number of ether oxygens (including phenoxy) is 1. The van der Waals surface area contributed by atoms with E-state index >= 15 is 0 Å². The van der Waals surface area contributed by atoms with Crippen molar-refractivity contribution >= 4 is 6.16 Å². The molecular formula is C21H34O3. The molecule has 0 amide bonds. The first-order valence-corrected chi connectivity index (χ1v) is 9.64. The van der Waals surface area contributed by atoms with Gasteiger partial charge in [0, 0.05) is 0 Å². The summed E-state index contributed by atoms with van der Waals surface area (Å²) >= 11 is 0. The predicted octanol–water partition coefficient (Wildman–Crippen LogP) is 6.78. The highest BCUT2D eigenvalue weighted by Gasteiger charge is 2.10. The number of carbonyl (C=O) groups is 1. The summed E-state index contributed by atoms with van der Waals surface area (Å²) < 4.78 is 4.51. The summed E-state index contributed by atoms with van der Waals surface area (Å²) in [5.74, 6) is 0.710. The topological polar surface area (TPSA) is 46.5 Å². The molecular weight excluding hydrogens is 300 g/mol. The van der Waals surface area contributed by atoms with E-state index in [9.17, 15) is 4.79 Å². The molecule has 0 radical (unpaired) electrons. The Hall–Kier alpha value is -1.51. The summed E-state index contributed by atoms with van der Waals surface area (Å²) in [6, 6.07) is 11.0. The van der Waals surface area contributed by atoms with Gasteiger partial charge in [-0.1, -0.05) is 88.6 Å². The van der Waals surface area contributed by atoms with Crippen LogP contribution in [0.5, 0.6) is 0 Å². The Morgan fingerprint density at radius 2 is 1.50 bits per heavy atom. The zero-order chi connectivity index (χ0) is 17.5. The van der Waals surface area contributed by atoms with Gasteiger partial charge in [-0.15, -0.1) is 0 Å². The van der Waals surface area contributed by atoms with Gasteiger partial charge in [0.2, 0.25) is 0 Å². The Morgan fingerprint density at radius 3 is 2.12 bits per heavy atom. The summed E-state index contributed by atoms with van der Waals surface area (Å²) in [7, 11) is 0. The molecule has 1 N–H and O–H groups in total. The van der Waals surface area contributed by atoms with Crippen LogP contribution in [-0.2, 0) is 4.74 Å². The molecule has 0 aliphatic rings. The standard InChI is InChI=1S/C21H34O3/c1-2-3-9-14-19(20-16-11-8-12-17-20)15-10-6-4-5-7-13-18-24-21(22)23/h8,11-12,16-17,19H,2-7,9-10,13-15,18H2,1H3,(H,22,23). The van der Waals surface area contributed by atoms with E-state index in [1.165, 1.54) is 63.4 Å². The Bertz CT molecular complexity index is 416. The van der Waals surface area contributed by atoms with Gasteiger partial charge in [-0.3, -0.25) is 0 Å². The lowest BCUT2D eigenvalue weighted by Crippen LogP contribution is -2.01. The van der Waals surface area contributed by atoms with Gasteiger partial charge in [0.25, 0.3) is 0 Å². The molecule has 3 heteroatoms. The number of unbranched alkanes of at least 4 members (excludes halogenated alkanes) is 7. The first-order valence-electron chi connectivity index (χ1n) is 9.64. The summed E-state index contributed by atoms with van der Waals surface area (Å²) in [5.41, 5.74) is 1.50. The molecule has 1 atom stereocenters. The second kappa shape index (κ2) is 13.9. The molecule has 0 aromatic heterocycles. The number of rotatable bonds is 14. The quantitative estimate of drug-likeness (QED) is 0.301. The molecule has 0 heterocycles. The van der Waals surface area contributed by atoms with Crippen LogP contribution in [0.2, 0.25) is 0 Å². The van der Waals surface area contributed by atoms with E-state index in [1.807, 2.05) is 0 Å². The molecule has 1 aromatic carbocycles. The first-order chi connectivity index (χ1) is 11.7. The normalized spacial score (nSPS) is 12.0. The molecule has 136 valence electrons. The van der Waals surface area contributed by atoms with Crippen LogP contribution in [0.1, 0.15) is 89.0 Å². The van der Waals surface area contributed by atoms with E-state index in [0.717, 1.165) is 12.8 Å². The van der Waals surface area contributed by atoms with Crippen LogP contribution in [0.25, 0.3) is 0 Å². The highest BCUT2D eigenvalue weighted by Crippen LogP contribution is 2.28. The number of hydrogen-bond donors (Lipinski definition) is 1. The van der Waals surface area contributed by atoms with Gasteiger partial charge in [0.05, 0.1) is 6.61 Å². The van der Waals surface area contributed by atoms with E-state index in [4.69, 9.17) is 5.11 Å². The largest absolute Gasteiger partial charge is 0.505 e. The number of hydrogen-bond acceptors (Lipinski definition) is 2. The number of benzene rings is 1. The third-order valence-corrected chi connectivity index (χ3v) is 4.60. The van der Waals surface area contributed by atoms with Gasteiger partial charge in [0.1, 0.15) is 0 Å². The zero-order valence-electron chi connectivity index (χ0n) is 15.2. The monoisotopic (exact) mass is 334 g/mol. The second-order valence-corrected chi connectivity index (χ2v) is 6.63. The highest BCUT2D eigenvalue weighted by molar-refractivity contribution is 5.56. The van der Waals surface area contributed by atoms with E-state index in [-0.39, 0.29) is 0 Å². The van der Waals surface area contributed by atoms with Crippen molar-refractivity contribution in [2.24, 2.45) is 0 Å². The van der Waals surface area contributed by atoms with E-state index in [2.05, 4.69) is 42.0 Å². The van der Waals surface area contributed by atoms with Crippen LogP contribution in [0.3, 0.4) is 0 Å². The molecule has 0 aliphatic heterocycles.